The van der Waals surface area contributed by atoms with Crippen LogP contribution in [0.25, 0.3) is 22.2 Å². The van der Waals surface area contributed by atoms with E-state index in [4.69, 9.17) is 4.98 Å². The summed E-state index contributed by atoms with van der Waals surface area (Å²) < 4.78 is 1.79. The van der Waals surface area contributed by atoms with Crippen LogP contribution in [0.5, 0.6) is 0 Å². The molecule has 0 saturated heterocycles. The second kappa shape index (κ2) is 10.1. The van der Waals surface area contributed by atoms with E-state index in [1.165, 1.54) is 0 Å². The second-order valence-electron chi connectivity index (χ2n) is 11.2. The molecule has 212 valence electrons. The average molecular weight is 561 g/mol. The lowest BCUT2D eigenvalue weighted by Crippen LogP contribution is -2.23. The summed E-state index contributed by atoms with van der Waals surface area (Å²) in [6, 6.07) is 13.5. The highest BCUT2D eigenvalue weighted by Gasteiger charge is 2.33. The molecule has 1 saturated carbocycles. The van der Waals surface area contributed by atoms with Crippen LogP contribution in [0, 0.1) is 19.8 Å². The van der Waals surface area contributed by atoms with E-state index in [0.717, 1.165) is 76.0 Å². The fraction of sp³-hybridized carbons (Fsp3) is 0.281. The molecule has 10 heteroatoms. The van der Waals surface area contributed by atoms with Crippen molar-refractivity contribution < 1.29 is 9.59 Å². The van der Waals surface area contributed by atoms with Crippen LogP contribution in [-0.4, -0.2) is 36.5 Å². The van der Waals surface area contributed by atoms with Gasteiger partial charge in [0.05, 0.1) is 23.4 Å². The summed E-state index contributed by atoms with van der Waals surface area (Å²) in [7, 11) is 1.89. The van der Waals surface area contributed by atoms with Gasteiger partial charge in [-0.1, -0.05) is 31.0 Å². The Morgan fingerprint density at radius 2 is 1.88 bits per heavy atom. The number of nitrogens with one attached hydrogen (secondary N) is 3. The number of rotatable bonds is 6. The molecule has 0 unspecified atom stereocenters. The number of aryl methyl sites for hydroxylation is 3. The number of aromatic amines is 1. The Balaban J connectivity index is 1.20. The summed E-state index contributed by atoms with van der Waals surface area (Å²) in [5, 5.41) is 11.7. The lowest BCUT2D eigenvalue weighted by molar-refractivity contribution is -0.119. The molecule has 3 N–H and O–H groups in total. The maximum absolute atomic E-state index is 13.7. The maximum Gasteiger partial charge on any atom is 0.259 e. The molecular weight excluding hydrogens is 528 g/mol. The highest BCUT2D eigenvalue weighted by atomic mass is 16.2. The number of carbonyl (C=O) groups is 2. The van der Waals surface area contributed by atoms with Crippen LogP contribution in [-0.2, 0) is 18.4 Å². The van der Waals surface area contributed by atoms with Gasteiger partial charge in [-0.15, -0.1) is 0 Å². The number of amides is 2. The molecule has 2 aromatic carbocycles. The standard InChI is InChI=1S/C32H32N8O2/c1-18-15-34-32(36-27-14-19(2)39(3)38-27)37-28(18)23-16-33-29-21(23)10-7-13-26(29)40-17-24-22(31(40)42)11-6-12-25(24)35-30(41)20-8-4-5-9-20/h6-7,10-16,20,33H,4-5,8-9,17H2,1-3H3,(H,35,41)(H,34,36,37,38). The summed E-state index contributed by atoms with van der Waals surface area (Å²) >= 11 is 0. The van der Waals surface area contributed by atoms with Gasteiger partial charge < -0.3 is 20.5 Å². The van der Waals surface area contributed by atoms with Gasteiger partial charge in [-0.3, -0.25) is 14.3 Å². The molecule has 1 fully saturated rings. The number of fused-ring (bicyclic) bond motifs is 2. The molecule has 0 radical (unpaired) electrons. The van der Waals surface area contributed by atoms with Crippen molar-refractivity contribution in [3.05, 3.63) is 77.2 Å². The van der Waals surface area contributed by atoms with Gasteiger partial charge in [-0.2, -0.15) is 5.10 Å². The van der Waals surface area contributed by atoms with Crippen LogP contribution in [0.2, 0.25) is 0 Å². The smallest absolute Gasteiger partial charge is 0.259 e. The highest BCUT2D eigenvalue weighted by molar-refractivity contribution is 6.15. The zero-order valence-electron chi connectivity index (χ0n) is 23.9. The first-order valence-corrected chi connectivity index (χ1v) is 14.3. The first-order valence-electron chi connectivity index (χ1n) is 14.3. The minimum absolute atomic E-state index is 0.0502. The Bertz CT molecular complexity index is 1840. The van der Waals surface area contributed by atoms with E-state index in [0.29, 0.717) is 23.9 Å². The fourth-order valence-electron chi connectivity index (χ4n) is 6.14. The predicted octanol–water partition coefficient (Wildman–Crippen LogP) is 6.01. The first kappa shape index (κ1) is 25.9. The van der Waals surface area contributed by atoms with Crippen LogP contribution in [0.15, 0.2) is 54.9 Å². The molecule has 2 amide bonds. The van der Waals surface area contributed by atoms with Gasteiger partial charge in [0, 0.05) is 64.9 Å². The number of carbonyl (C=O) groups excluding carboxylic acids is 2. The first-order chi connectivity index (χ1) is 20.4. The van der Waals surface area contributed by atoms with Gasteiger partial charge in [0.1, 0.15) is 0 Å². The van der Waals surface area contributed by atoms with Gasteiger partial charge in [0.15, 0.2) is 5.82 Å². The molecule has 42 heavy (non-hydrogen) atoms. The topological polar surface area (TPSA) is 121 Å². The van der Waals surface area contributed by atoms with Crippen molar-refractivity contribution >= 4 is 45.9 Å². The van der Waals surface area contributed by atoms with E-state index >= 15 is 0 Å². The number of benzene rings is 2. The molecule has 3 aromatic heterocycles. The van der Waals surface area contributed by atoms with Gasteiger partial charge >= 0.3 is 0 Å². The van der Waals surface area contributed by atoms with Gasteiger partial charge in [-0.05, 0) is 50.5 Å². The Labute approximate surface area is 243 Å². The number of aromatic nitrogens is 5. The van der Waals surface area contributed by atoms with E-state index in [2.05, 4.69) is 25.7 Å². The molecule has 4 heterocycles. The summed E-state index contributed by atoms with van der Waals surface area (Å²) in [6.45, 7) is 4.35. The highest BCUT2D eigenvalue weighted by Crippen LogP contribution is 2.39. The summed E-state index contributed by atoms with van der Waals surface area (Å²) in [6.07, 6.45) is 7.76. The maximum atomic E-state index is 13.7. The Hall–Kier alpha value is -4.99. The number of anilines is 4. The lowest BCUT2D eigenvalue weighted by Gasteiger charge is -2.17. The lowest BCUT2D eigenvalue weighted by atomic mass is 10.1. The Morgan fingerprint density at radius 1 is 1.07 bits per heavy atom. The number of nitrogens with zero attached hydrogens (tertiary/aromatic N) is 5. The molecule has 5 aromatic rings. The van der Waals surface area contributed by atoms with Crippen LogP contribution in [0.3, 0.4) is 0 Å². The molecule has 1 aliphatic carbocycles. The second-order valence-corrected chi connectivity index (χ2v) is 11.2. The zero-order valence-corrected chi connectivity index (χ0v) is 23.9. The molecular formula is C32H32N8O2. The van der Waals surface area contributed by atoms with Crippen LogP contribution < -0.4 is 15.5 Å². The van der Waals surface area contributed by atoms with Crippen LogP contribution >= 0.6 is 0 Å². The molecule has 0 atom stereocenters. The van der Waals surface area contributed by atoms with Crippen molar-refractivity contribution in [3.8, 4) is 11.3 Å². The van der Waals surface area contributed by atoms with Gasteiger partial charge in [0.25, 0.3) is 5.91 Å². The predicted molar refractivity (Wildman–Crippen MR) is 163 cm³/mol. The summed E-state index contributed by atoms with van der Waals surface area (Å²) in [5.74, 6) is 1.15. The summed E-state index contributed by atoms with van der Waals surface area (Å²) in [5.41, 5.74) is 7.48. The Morgan fingerprint density at radius 3 is 2.67 bits per heavy atom. The van der Waals surface area contributed by atoms with Gasteiger partial charge in [0.2, 0.25) is 11.9 Å². The van der Waals surface area contributed by atoms with E-state index in [1.807, 2.05) is 69.6 Å². The van der Waals surface area contributed by atoms with E-state index in [1.54, 1.807) is 15.8 Å². The molecule has 10 nitrogen and oxygen atoms in total. The normalized spacial score (nSPS) is 15.0. The van der Waals surface area contributed by atoms with Crippen molar-refractivity contribution in [2.75, 3.05) is 15.5 Å². The summed E-state index contributed by atoms with van der Waals surface area (Å²) in [4.78, 5) is 41.1. The third kappa shape index (κ3) is 4.39. The number of para-hydroxylation sites is 1. The average Bonchev–Trinajstić information content (AvgIpc) is 3.78. The van der Waals surface area contributed by atoms with E-state index < -0.39 is 0 Å². The van der Waals surface area contributed by atoms with Crippen molar-refractivity contribution in [3.63, 3.8) is 0 Å². The van der Waals surface area contributed by atoms with Crippen molar-refractivity contribution in [1.82, 2.24) is 24.7 Å². The SMILES string of the molecule is Cc1cnc(Nc2cc(C)n(C)n2)nc1-c1c[nH]c2c(N3Cc4c(NC(=O)C5CCCC5)cccc4C3=O)cccc12. The van der Waals surface area contributed by atoms with Crippen LogP contribution in [0.1, 0.15) is 52.9 Å². The number of H-pyrrole nitrogens is 1. The molecule has 0 bridgehead atoms. The third-order valence-corrected chi connectivity index (χ3v) is 8.52. The third-order valence-electron chi connectivity index (χ3n) is 8.52. The molecule has 0 spiro atoms. The van der Waals surface area contributed by atoms with Gasteiger partial charge in [-0.25, -0.2) is 9.97 Å². The van der Waals surface area contributed by atoms with E-state index in [-0.39, 0.29) is 17.7 Å². The largest absolute Gasteiger partial charge is 0.359 e. The number of hydrogen-bond donors (Lipinski definition) is 3. The van der Waals surface area contributed by atoms with Crippen LogP contribution in [0.4, 0.5) is 23.1 Å². The minimum atomic E-state index is -0.0824. The Kier molecular flexibility index (Phi) is 6.26. The zero-order chi connectivity index (χ0) is 29.0. The fourth-order valence-corrected chi connectivity index (χ4v) is 6.14. The van der Waals surface area contributed by atoms with E-state index in [9.17, 15) is 9.59 Å². The number of hydrogen-bond acceptors (Lipinski definition) is 6. The van der Waals surface area contributed by atoms with Crippen molar-refractivity contribution in [2.45, 2.75) is 46.1 Å². The molecule has 7 rings (SSSR count). The monoisotopic (exact) mass is 560 g/mol. The molecule has 2 aliphatic rings. The quantitative estimate of drug-likeness (QED) is 0.234. The van der Waals surface area contributed by atoms with Crippen molar-refractivity contribution in [2.24, 2.45) is 13.0 Å². The molecule has 1 aliphatic heterocycles. The van der Waals surface area contributed by atoms with Crippen molar-refractivity contribution in [1.29, 1.82) is 0 Å². The minimum Gasteiger partial charge on any atom is -0.359 e.